The smallest absolute Gasteiger partial charge is 0.255 e. The van der Waals surface area contributed by atoms with Gasteiger partial charge in [-0.05, 0) is 50.2 Å². The first-order valence-electron chi connectivity index (χ1n) is 7.65. The molecule has 0 aliphatic carbocycles. The lowest BCUT2D eigenvalue weighted by molar-refractivity contribution is 0.102. The highest BCUT2D eigenvalue weighted by atomic mass is 79.9. The van der Waals surface area contributed by atoms with Crippen LogP contribution in [0.25, 0.3) is 0 Å². The molecule has 1 N–H and O–H groups in total. The Morgan fingerprint density at radius 2 is 1.96 bits per heavy atom. The zero-order chi connectivity index (χ0) is 17.5. The van der Waals surface area contributed by atoms with Gasteiger partial charge in [0.15, 0.2) is 0 Å². The summed E-state index contributed by atoms with van der Waals surface area (Å²) in [6, 6.07) is 9.54. The van der Waals surface area contributed by atoms with Gasteiger partial charge >= 0.3 is 0 Å². The highest BCUT2D eigenvalue weighted by Crippen LogP contribution is 2.23. The van der Waals surface area contributed by atoms with Crippen LogP contribution in [-0.2, 0) is 11.3 Å². The average molecular weight is 396 g/mol. The van der Waals surface area contributed by atoms with Crippen molar-refractivity contribution in [3.8, 4) is 5.75 Å². The fraction of sp³-hybridized carbons (Fsp3) is 0.278. The molecule has 0 bridgehead atoms. The number of hydrogen-bond acceptors (Lipinski definition) is 3. The van der Waals surface area contributed by atoms with Crippen molar-refractivity contribution >= 4 is 27.5 Å². The number of carbonyl (C=O) groups excluding carboxylic acids is 1. The first-order valence-corrected chi connectivity index (χ1v) is 8.44. The van der Waals surface area contributed by atoms with Gasteiger partial charge in [0.25, 0.3) is 5.91 Å². The lowest BCUT2D eigenvalue weighted by Gasteiger charge is -2.13. The van der Waals surface area contributed by atoms with Crippen LogP contribution >= 0.6 is 15.9 Å². The van der Waals surface area contributed by atoms with E-state index in [1.807, 2.05) is 13.8 Å². The van der Waals surface area contributed by atoms with E-state index in [-0.39, 0.29) is 5.69 Å². The van der Waals surface area contributed by atoms with Gasteiger partial charge in [0, 0.05) is 22.2 Å². The van der Waals surface area contributed by atoms with Crippen LogP contribution in [0.1, 0.15) is 29.8 Å². The van der Waals surface area contributed by atoms with Gasteiger partial charge in [-0.2, -0.15) is 0 Å². The molecule has 0 aromatic heterocycles. The SMILES string of the molecule is CCOCc1cc(C(=O)Nc2ccc(Br)cc2F)ccc1OCC. The average Bonchev–Trinajstić information content (AvgIpc) is 2.56. The molecular formula is C18H19BrFNO3. The summed E-state index contributed by atoms with van der Waals surface area (Å²) in [5.74, 6) is -0.215. The molecule has 0 saturated heterocycles. The maximum absolute atomic E-state index is 13.9. The van der Waals surface area contributed by atoms with Gasteiger partial charge in [-0.25, -0.2) is 4.39 Å². The summed E-state index contributed by atoms with van der Waals surface area (Å²) in [7, 11) is 0. The Hall–Kier alpha value is -1.92. The van der Waals surface area contributed by atoms with E-state index in [0.29, 0.717) is 35.6 Å². The third-order valence-corrected chi connectivity index (χ3v) is 3.76. The Morgan fingerprint density at radius 3 is 2.62 bits per heavy atom. The fourth-order valence-electron chi connectivity index (χ4n) is 2.13. The molecule has 2 aromatic carbocycles. The number of hydrogen-bond donors (Lipinski definition) is 1. The second-order valence-electron chi connectivity index (χ2n) is 4.97. The van der Waals surface area contributed by atoms with Crippen molar-refractivity contribution in [1.82, 2.24) is 0 Å². The molecule has 0 atom stereocenters. The Morgan fingerprint density at radius 1 is 1.17 bits per heavy atom. The monoisotopic (exact) mass is 395 g/mol. The molecule has 128 valence electrons. The van der Waals surface area contributed by atoms with E-state index in [4.69, 9.17) is 9.47 Å². The van der Waals surface area contributed by atoms with Crippen molar-refractivity contribution in [2.24, 2.45) is 0 Å². The van der Waals surface area contributed by atoms with Crippen LogP contribution < -0.4 is 10.1 Å². The quantitative estimate of drug-likeness (QED) is 0.733. The largest absolute Gasteiger partial charge is 0.494 e. The Bertz CT molecular complexity index is 721. The van der Waals surface area contributed by atoms with Gasteiger partial charge in [-0.3, -0.25) is 4.79 Å². The maximum Gasteiger partial charge on any atom is 0.255 e. The second kappa shape index (κ2) is 8.80. The molecule has 0 heterocycles. The van der Waals surface area contributed by atoms with Gasteiger partial charge in [0.1, 0.15) is 11.6 Å². The number of ether oxygens (including phenoxy) is 2. The van der Waals surface area contributed by atoms with Crippen LogP contribution in [0.3, 0.4) is 0 Å². The van der Waals surface area contributed by atoms with E-state index in [1.165, 1.54) is 12.1 Å². The first kappa shape index (κ1) is 18.4. The molecule has 0 saturated carbocycles. The number of benzene rings is 2. The van der Waals surface area contributed by atoms with E-state index in [9.17, 15) is 9.18 Å². The van der Waals surface area contributed by atoms with Gasteiger partial charge in [-0.1, -0.05) is 15.9 Å². The minimum Gasteiger partial charge on any atom is -0.494 e. The molecule has 0 fully saturated rings. The van der Waals surface area contributed by atoms with Crippen molar-refractivity contribution < 1.29 is 18.7 Å². The molecule has 2 aromatic rings. The molecule has 0 unspecified atom stereocenters. The van der Waals surface area contributed by atoms with Crippen LogP contribution in [-0.4, -0.2) is 19.1 Å². The fourth-order valence-corrected chi connectivity index (χ4v) is 2.46. The molecule has 0 aliphatic rings. The number of amides is 1. The number of anilines is 1. The third kappa shape index (κ3) is 4.79. The minimum absolute atomic E-state index is 0.128. The third-order valence-electron chi connectivity index (χ3n) is 3.26. The molecule has 0 spiro atoms. The summed E-state index contributed by atoms with van der Waals surface area (Å²) < 4.78 is 25.4. The van der Waals surface area contributed by atoms with Gasteiger partial charge in [0.05, 0.1) is 18.9 Å². The van der Waals surface area contributed by atoms with Crippen molar-refractivity contribution in [2.75, 3.05) is 18.5 Å². The predicted octanol–water partition coefficient (Wildman–Crippen LogP) is 4.78. The number of rotatable bonds is 7. The lowest BCUT2D eigenvalue weighted by atomic mass is 10.1. The Balaban J connectivity index is 2.21. The van der Waals surface area contributed by atoms with Crippen molar-refractivity contribution in [1.29, 1.82) is 0 Å². The Kier molecular flexibility index (Phi) is 6.75. The summed E-state index contributed by atoms with van der Waals surface area (Å²) in [4.78, 5) is 12.4. The summed E-state index contributed by atoms with van der Waals surface area (Å²) in [5, 5.41) is 2.57. The van der Waals surface area contributed by atoms with Crippen LogP contribution in [0, 0.1) is 5.82 Å². The van der Waals surface area contributed by atoms with Crippen LogP contribution in [0.2, 0.25) is 0 Å². The molecular weight excluding hydrogens is 377 g/mol. The van der Waals surface area contributed by atoms with Gasteiger partial charge in [0.2, 0.25) is 0 Å². The topological polar surface area (TPSA) is 47.6 Å². The molecule has 0 aliphatic heterocycles. The summed E-state index contributed by atoms with van der Waals surface area (Å²) in [5.41, 5.74) is 1.32. The molecule has 6 heteroatoms. The van der Waals surface area contributed by atoms with Gasteiger partial charge in [-0.15, -0.1) is 0 Å². The summed E-state index contributed by atoms with van der Waals surface area (Å²) in [6.07, 6.45) is 0. The number of nitrogens with one attached hydrogen (secondary N) is 1. The molecule has 1 amide bonds. The molecule has 24 heavy (non-hydrogen) atoms. The highest BCUT2D eigenvalue weighted by Gasteiger charge is 2.13. The van der Waals surface area contributed by atoms with Crippen LogP contribution in [0.5, 0.6) is 5.75 Å². The van der Waals surface area contributed by atoms with Crippen LogP contribution in [0.4, 0.5) is 10.1 Å². The summed E-state index contributed by atoms with van der Waals surface area (Å²) >= 11 is 3.18. The molecule has 2 rings (SSSR count). The van der Waals surface area contributed by atoms with Crippen LogP contribution in [0.15, 0.2) is 40.9 Å². The minimum atomic E-state index is -0.502. The second-order valence-corrected chi connectivity index (χ2v) is 5.89. The van der Waals surface area contributed by atoms with E-state index >= 15 is 0 Å². The van der Waals surface area contributed by atoms with E-state index < -0.39 is 11.7 Å². The van der Waals surface area contributed by atoms with E-state index in [2.05, 4.69) is 21.2 Å². The van der Waals surface area contributed by atoms with E-state index in [1.54, 1.807) is 24.3 Å². The highest BCUT2D eigenvalue weighted by molar-refractivity contribution is 9.10. The zero-order valence-electron chi connectivity index (χ0n) is 13.6. The molecule has 4 nitrogen and oxygen atoms in total. The van der Waals surface area contributed by atoms with E-state index in [0.717, 1.165) is 5.56 Å². The van der Waals surface area contributed by atoms with Crippen molar-refractivity contribution in [3.05, 3.63) is 57.8 Å². The maximum atomic E-state index is 13.9. The van der Waals surface area contributed by atoms with Gasteiger partial charge < -0.3 is 14.8 Å². The predicted molar refractivity (Wildman–Crippen MR) is 95.0 cm³/mol. The zero-order valence-corrected chi connectivity index (χ0v) is 15.2. The first-order chi connectivity index (χ1) is 11.5. The lowest BCUT2D eigenvalue weighted by Crippen LogP contribution is -2.14. The number of halogens is 2. The summed E-state index contributed by atoms with van der Waals surface area (Å²) in [6.45, 7) is 5.22. The van der Waals surface area contributed by atoms with Crippen molar-refractivity contribution in [2.45, 2.75) is 20.5 Å². The standard InChI is InChI=1S/C18H19BrFNO3/c1-3-23-11-13-9-12(5-8-17(13)24-4-2)18(22)21-16-7-6-14(19)10-15(16)20/h5-10H,3-4,11H2,1-2H3,(H,21,22). The van der Waals surface area contributed by atoms with Crippen molar-refractivity contribution in [3.63, 3.8) is 0 Å². The normalized spacial score (nSPS) is 10.5. The number of carbonyl (C=O) groups is 1. The Labute approximate surface area is 149 Å². The molecule has 0 radical (unpaired) electrons.